The van der Waals surface area contributed by atoms with E-state index >= 15 is 0 Å². The highest BCUT2D eigenvalue weighted by Gasteiger charge is 2.58. The molecule has 0 radical (unpaired) electrons. The number of imide groups is 1. The largest absolute Gasteiger partial charge is 0.326 e. The zero-order valence-electron chi connectivity index (χ0n) is 18.7. The molecule has 2 aliphatic heterocycles. The van der Waals surface area contributed by atoms with Crippen LogP contribution < -0.4 is 5.32 Å². The maximum atomic E-state index is 13.3. The van der Waals surface area contributed by atoms with Crippen molar-refractivity contribution in [3.05, 3.63) is 41.3 Å². The minimum absolute atomic E-state index is 0.103. The van der Waals surface area contributed by atoms with Gasteiger partial charge < -0.3 is 5.32 Å². The van der Waals surface area contributed by atoms with Gasteiger partial charge in [0.05, 0.1) is 6.67 Å². The van der Waals surface area contributed by atoms with Crippen molar-refractivity contribution in [3.8, 4) is 0 Å². The number of carbonyl (C=O) groups excluding carboxylic acids is 2. The second kappa shape index (κ2) is 8.96. The van der Waals surface area contributed by atoms with Crippen LogP contribution in [-0.4, -0.2) is 72.8 Å². The Bertz CT molecular complexity index is 977. The highest BCUT2D eigenvalue weighted by atomic mass is 32.2. The molecule has 3 amide bonds. The molecule has 1 aromatic carbocycles. The van der Waals surface area contributed by atoms with Crippen LogP contribution in [0.4, 0.5) is 4.79 Å². The van der Waals surface area contributed by atoms with Crippen molar-refractivity contribution < 1.29 is 18.0 Å². The van der Waals surface area contributed by atoms with Crippen LogP contribution in [0.1, 0.15) is 38.7 Å². The minimum Gasteiger partial charge on any atom is -0.323 e. The van der Waals surface area contributed by atoms with Crippen molar-refractivity contribution in [1.29, 1.82) is 0 Å². The van der Waals surface area contributed by atoms with Gasteiger partial charge in [0.25, 0.3) is 5.91 Å². The smallest absolute Gasteiger partial charge is 0.323 e. The lowest BCUT2D eigenvalue weighted by Gasteiger charge is -2.42. The number of hydrogen-bond acceptors (Lipinski definition) is 5. The Balaban J connectivity index is 1.36. The Hall–Kier alpha value is -2.23. The topological polar surface area (TPSA) is 90.0 Å². The van der Waals surface area contributed by atoms with Gasteiger partial charge in [0, 0.05) is 31.6 Å². The van der Waals surface area contributed by atoms with Crippen LogP contribution in [0.3, 0.4) is 0 Å². The molecule has 2 atom stereocenters. The molecule has 8 nitrogen and oxygen atoms in total. The molecule has 1 N–H and O–H groups in total. The highest BCUT2D eigenvalue weighted by molar-refractivity contribution is 7.92. The lowest BCUT2D eigenvalue weighted by molar-refractivity contribution is -0.138. The number of hydrogen-bond donors (Lipinski definition) is 1. The van der Waals surface area contributed by atoms with Crippen LogP contribution >= 0.6 is 0 Å². The van der Waals surface area contributed by atoms with Gasteiger partial charge in [-0.3, -0.25) is 9.69 Å². The van der Waals surface area contributed by atoms with Crippen molar-refractivity contribution in [3.63, 3.8) is 0 Å². The highest BCUT2D eigenvalue weighted by Crippen LogP contribution is 2.42. The summed E-state index contributed by atoms with van der Waals surface area (Å²) in [6.45, 7) is 5.86. The maximum absolute atomic E-state index is 13.3. The summed E-state index contributed by atoms with van der Waals surface area (Å²) in [6, 6.07) is 8.97. The molecule has 9 heteroatoms. The first-order chi connectivity index (χ1) is 15.2. The molecule has 0 bridgehead atoms. The number of urea groups is 1. The van der Waals surface area contributed by atoms with E-state index in [-0.39, 0.29) is 30.4 Å². The van der Waals surface area contributed by atoms with Crippen LogP contribution in [0, 0.1) is 11.8 Å². The average Bonchev–Trinajstić information content (AvgIpc) is 3.03. The van der Waals surface area contributed by atoms with E-state index in [4.69, 9.17) is 0 Å². The lowest BCUT2D eigenvalue weighted by Crippen LogP contribution is -2.59. The Labute approximate surface area is 190 Å². The third kappa shape index (κ3) is 4.21. The van der Waals surface area contributed by atoms with Crippen molar-refractivity contribution in [2.45, 2.75) is 38.6 Å². The molecule has 3 aliphatic rings. The van der Waals surface area contributed by atoms with Crippen molar-refractivity contribution >= 4 is 28.0 Å². The van der Waals surface area contributed by atoms with Crippen molar-refractivity contribution in [2.24, 2.45) is 11.8 Å². The summed E-state index contributed by atoms with van der Waals surface area (Å²) in [5.74, 6) is 0.0697. The summed E-state index contributed by atoms with van der Waals surface area (Å²) < 4.78 is 26.8. The summed E-state index contributed by atoms with van der Waals surface area (Å²) in [7, 11) is -3.52. The van der Waals surface area contributed by atoms with Crippen LogP contribution in [0.5, 0.6) is 0 Å². The standard InChI is InChI=1S/C23H32N4O4S/c1-18-7-6-8-19(2)23(18)21(28)27(22(29)24-23)17-25-12-14-26(15-13-25)32(30,31)16-11-20-9-4-3-5-10-20/h3-5,9-11,16,18-19H,6-8,12-15,17H2,1-2H3,(H,24,29)/b16-11+. The molecule has 174 valence electrons. The molecule has 1 aliphatic carbocycles. The number of amides is 3. The van der Waals surface area contributed by atoms with Crippen LogP contribution in [-0.2, 0) is 14.8 Å². The van der Waals surface area contributed by atoms with Gasteiger partial charge in [0.2, 0.25) is 10.0 Å². The Morgan fingerprint density at radius 3 is 2.28 bits per heavy atom. The summed E-state index contributed by atoms with van der Waals surface area (Å²) in [4.78, 5) is 29.3. The SMILES string of the molecule is CC1CCCC(C)C12NC(=O)N(CN1CCN(S(=O)(=O)/C=C/c3ccccc3)CC1)C2=O. The molecular weight excluding hydrogens is 428 g/mol. The normalized spacial score (nSPS) is 30.4. The zero-order chi connectivity index (χ0) is 22.9. The van der Waals surface area contributed by atoms with E-state index in [1.54, 1.807) is 6.08 Å². The Morgan fingerprint density at radius 2 is 1.66 bits per heavy atom. The fraction of sp³-hybridized carbons (Fsp3) is 0.565. The molecule has 4 rings (SSSR count). The van der Waals surface area contributed by atoms with Crippen LogP contribution in [0.2, 0.25) is 0 Å². The summed E-state index contributed by atoms with van der Waals surface area (Å²) in [6.07, 6.45) is 4.53. The Morgan fingerprint density at radius 1 is 1.03 bits per heavy atom. The van der Waals surface area contributed by atoms with E-state index in [0.29, 0.717) is 26.2 Å². The number of sulfonamides is 1. The third-order valence-corrected chi connectivity index (χ3v) is 8.82. The van der Waals surface area contributed by atoms with Crippen molar-refractivity contribution in [1.82, 2.24) is 19.4 Å². The molecule has 1 spiro atoms. The molecular formula is C23H32N4O4S. The first-order valence-electron chi connectivity index (χ1n) is 11.3. The number of rotatable bonds is 5. The number of piperazine rings is 1. The second-order valence-electron chi connectivity index (χ2n) is 9.18. The van der Waals surface area contributed by atoms with E-state index in [1.165, 1.54) is 14.6 Å². The summed E-state index contributed by atoms with van der Waals surface area (Å²) >= 11 is 0. The molecule has 0 aromatic heterocycles. The van der Waals surface area contributed by atoms with Gasteiger partial charge in [-0.05, 0) is 36.3 Å². The maximum Gasteiger partial charge on any atom is 0.326 e. The fourth-order valence-corrected chi connectivity index (χ4v) is 6.39. The average molecular weight is 461 g/mol. The van der Waals surface area contributed by atoms with Gasteiger partial charge in [0.1, 0.15) is 5.54 Å². The molecule has 2 heterocycles. The van der Waals surface area contributed by atoms with Crippen molar-refractivity contribution in [2.75, 3.05) is 32.8 Å². The monoisotopic (exact) mass is 460 g/mol. The Kier molecular flexibility index (Phi) is 6.42. The first kappa shape index (κ1) is 22.9. The van der Waals surface area contributed by atoms with Crippen LogP contribution in [0.15, 0.2) is 35.7 Å². The number of benzene rings is 1. The lowest BCUT2D eigenvalue weighted by atomic mass is 9.67. The van der Waals surface area contributed by atoms with E-state index in [0.717, 1.165) is 24.8 Å². The number of nitrogens with one attached hydrogen (secondary N) is 1. The fourth-order valence-electron chi connectivity index (χ4n) is 5.22. The molecule has 2 unspecified atom stereocenters. The minimum atomic E-state index is -3.52. The van der Waals surface area contributed by atoms with E-state index in [2.05, 4.69) is 5.32 Å². The first-order valence-corrected chi connectivity index (χ1v) is 12.8. The van der Waals surface area contributed by atoms with Gasteiger partial charge in [-0.15, -0.1) is 0 Å². The molecule has 32 heavy (non-hydrogen) atoms. The van der Waals surface area contributed by atoms with E-state index in [9.17, 15) is 18.0 Å². The predicted molar refractivity (Wildman–Crippen MR) is 123 cm³/mol. The van der Waals surface area contributed by atoms with Gasteiger partial charge >= 0.3 is 6.03 Å². The second-order valence-corrected chi connectivity index (χ2v) is 11.0. The molecule has 1 saturated carbocycles. The van der Waals surface area contributed by atoms with E-state index in [1.807, 2.05) is 49.1 Å². The van der Waals surface area contributed by atoms with Gasteiger partial charge in [-0.2, -0.15) is 4.31 Å². The summed E-state index contributed by atoms with van der Waals surface area (Å²) in [5, 5.41) is 4.26. The van der Waals surface area contributed by atoms with E-state index < -0.39 is 15.6 Å². The summed E-state index contributed by atoms with van der Waals surface area (Å²) in [5.41, 5.74) is 0.0243. The van der Waals surface area contributed by atoms with Crippen LogP contribution in [0.25, 0.3) is 6.08 Å². The molecule has 2 saturated heterocycles. The molecule has 1 aromatic rings. The third-order valence-electron chi connectivity index (χ3n) is 7.25. The predicted octanol–water partition coefficient (Wildman–Crippen LogP) is 2.31. The van der Waals surface area contributed by atoms with Gasteiger partial charge in [-0.1, -0.05) is 50.6 Å². The van der Waals surface area contributed by atoms with Gasteiger partial charge in [0.15, 0.2) is 0 Å². The van der Waals surface area contributed by atoms with Gasteiger partial charge in [-0.25, -0.2) is 18.1 Å². The number of nitrogens with zero attached hydrogens (tertiary/aromatic N) is 3. The number of carbonyl (C=O) groups is 2. The molecule has 3 fully saturated rings. The zero-order valence-corrected chi connectivity index (χ0v) is 19.6. The quantitative estimate of drug-likeness (QED) is 0.681.